The first-order valence-corrected chi connectivity index (χ1v) is 13.1. The van der Waals surface area contributed by atoms with Crippen LogP contribution in [0.1, 0.15) is 130 Å². The van der Waals surface area contributed by atoms with Gasteiger partial charge >= 0.3 is 0 Å². The zero-order chi connectivity index (χ0) is 22.2. The standard InChI is InChI=1S/C29H52O/c1-6-7-8-9-10-11-12-13-14-15-16-17-18-25(2)27(24-29(3,4)5)23-26-19-21-28(30)22-20-26/h19-22,25,27,30H,6-18,23-24H2,1-5H3. The van der Waals surface area contributed by atoms with Gasteiger partial charge in [0.2, 0.25) is 0 Å². The van der Waals surface area contributed by atoms with Gasteiger partial charge in [0.25, 0.3) is 0 Å². The smallest absolute Gasteiger partial charge is 0.115 e. The molecule has 0 aromatic heterocycles. The Labute approximate surface area is 189 Å². The summed E-state index contributed by atoms with van der Waals surface area (Å²) in [4.78, 5) is 0. The molecule has 0 aliphatic rings. The zero-order valence-corrected chi connectivity index (χ0v) is 21.0. The Kier molecular flexibility index (Phi) is 14.2. The molecule has 2 atom stereocenters. The molecule has 1 heteroatoms. The molecule has 1 aromatic carbocycles. The van der Waals surface area contributed by atoms with Gasteiger partial charge < -0.3 is 5.11 Å². The van der Waals surface area contributed by atoms with Crippen LogP contribution in [0.25, 0.3) is 0 Å². The Bertz CT molecular complexity index is 510. The summed E-state index contributed by atoms with van der Waals surface area (Å²) in [6.07, 6.45) is 20.9. The van der Waals surface area contributed by atoms with Crippen LogP contribution in [0.4, 0.5) is 0 Å². The molecule has 0 radical (unpaired) electrons. The normalized spacial score (nSPS) is 14.0. The number of rotatable bonds is 17. The van der Waals surface area contributed by atoms with Crippen molar-refractivity contribution >= 4 is 0 Å². The molecule has 1 rings (SSSR count). The summed E-state index contributed by atoms with van der Waals surface area (Å²) in [5.74, 6) is 1.86. The number of phenols is 1. The fourth-order valence-corrected chi connectivity index (χ4v) is 4.74. The number of benzene rings is 1. The van der Waals surface area contributed by atoms with Crippen molar-refractivity contribution in [3.05, 3.63) is 29.8 Å². The average Bonchev–Trinajstić information content (AvgIpc) is 2.69. The predicted molar refractivity (Wildman–Crippen MR) is 134 cm³/mol. The van der Waals surface area contributed by atoms with Crippen molar-refractivity contribution in [3.63, 3.8) is 0 Å². The van der Waals surface area contributed by atoms with Gasteiger partial charge in [-0.1, -0.05) is 130 Å². The topological polar surface area (TPSA) is 20.2 Å². The van der Waals surface area contributed by atoms with Gasteiger partial charge in [0.1, 0.15) is 5.75 Å². The maximum atomic E-state index is 9.56. The molecule has 1 nitrogen and oxygen atoms in total. The lowest BCUT2D eigenvalue weighted by atomic mass is 9.75. The minimum atomic E-state index is 0.367. The highest BCUT2D eigenvalue weighted by atomic mass is 16.3. The van der Waals surface area contributed by atoms with E-state index in [1.54, 1.807) is 0 Å². The van der Waals surface area contributed by atoms with Crippen molar-refractivity contribution in [2.24, 2.45) is 17.3 Å². The highest BCUT2D eigenvalue weighted by Crippen LogP contribution is 2.34. The molecule has 0 fully saturated rings. The minimum Gasteiger partial charge on any atom is -0.508 e. The lowest BCUT2D eigenvalue weighted by molar-refractivity contribution is 0.220. The molecule has 0 heterocycles. The van der Waals surface area contributed by atoms with E-state index in [9.17, 15) is 5.11 Å². The molecular weight excluding hydrogens is 364 g/mol. The van der Waals surface area contributed by atoms with E-state index in [-0.39, 0.29) is 0 Å². The monoisotopic (exact) mass is 416 g/mol. The van der Waals surface area contributed by atoms with Crippen molar-refractivity contribution in [2.75, 3.05) is 0 Å². The van der Waals surface area contributed by atoms with E-state index in [4.69, 9.17) is 0 Å². The Morgan fingerprint density at radius 2 is 1.20 bits per heavy atom. The van der Waals surface area contributed by atoms with Crippen LogP contribution in [0, 0.1) is 17.3 Å². The van der Waals surface area contributed by atoms with E-state index >= 15 is 0 Å². The van der Waals surface area contributed by atoms with Gasteiger partial charge in [-0.25, -0.2) is 0 Å². The molecule has 0 spiro atoms. The Morgan fingerprint density at radius 3 is 1.67 bits per heavy atom. The van der Waals surface area contributed by atoms with Crippen molar-refractivity contribution in [3.8, 4) is 5.75 Å². The van der Waals surface area contributed by atoms with Gasteiger partial charge in [-0.15, -0.1) is 0 Å². The summed E-state index contributed by atoms with van der Waals surface area (Å²) < 4.78 is 0. The first-order chi connectivity index (χ1) is 14.3. The molecule has 30 heavy (non-hydrogen) atoms. The molecule has 0 aliphatic carbocycles. The van der Waals surface area contributed by atoms with Crippen molar-refractivity contribution in [1.29, 1.82) is 0 Å². The highest BCUT2D eigenvalue weighted by Gasteiger charge is 2.23. The van der Waals surface area contributed by atoms with Crippen molar-refractivity contribution in [2.45, 2.75) is 131 Å². The Morgan fingerprint density at radius 1 is 0.733 bits per heavy atom. The molecular formula is C29H52O. The highest BCUT2D eigenvalue weighted by molar-refractivity contribution is 5.26. The van der Waals surface area contributed by atoms with E-state index in [1.165, 1.54) is 95.5 Å². The number of unbranched alkanes of at least 4 members (excludes halogenated alkanes) is 11. The van der Waals surface area contributed by atoms with Gasteiger partial charge in [-0.3, -0.25) is 0 Å². The molecule has 174 valence electrons. The van der Waals surface area contributed by atoms with Crippen LogP contribution in [0.15, 0.2) is 24.3 Å². The van der Waals surface area contributed by atoms with Crippen LogP contribution in [-0.2, 0) is 6.42 Å². The van der Waals surface area contributed by atoms with Crippen LogP contribution in [0.2, 0.25) is 0 Å². The van der Waals surface area contributed by atoms with Gasteiger partial charge in [-0.2, -0.15) is 0 Å². The number of hydrogen-bond donors (Lipinski definition) is 1. The van der Waals surface area contributed by atoms with E-state index < -0.39 is 0 Å². The molecule has 0 aliphatic heterocycles. The van der Waals surface area contributed by atoms with Crippen molar-refractivity contribution in [1.82, 2.24) is 0 Å². The second-order valence-corrected chi connectivity index (χ2v) is 11.1. The van der Waals surface area contributed by atoms with Gasteiger partial charge in [0.15, 0.2) is 0 Å². The van der Waals surface area contributed by atoms with Crippen LogP contribution in [0.5, 0.6) is 5.75 Å². The quantitative estimate of drug-likeness (QED) is 0.250. The molecule has 0 saturated heterocycles. The maximum Gasteiger partial charge on any atom is 0.115 e. The second-order valence-electron chi connectivity index (χ2n) is 11.1. The fourth-order valence-electron chi connectivity index (χ4n) is 4.74. The predicted octanol–water partition coefficient (Wildman–Crippen LogP) is 9.71. The molecule has 1 aromatic rings. The van der Waals surface area contributed by atoms with Gasteiger partial charge in [0, 0.05) is 0 Å². The summed E-state index contributed by atoms with van der Waals surface area (Å²) in [6, 6.07) is 7.86. The van der Waals surface area contributed by atoms with Crippen molar-refractivity contribution < 1.29 is 5.11 Å². The Hall–Kier alpha value is -0.980. The molecule has 0 amide bonds. The van der Waals surface area contributed by atoms with Crippen LogP contribution in [0.3, 0.4) is 0 Å². The zero-order valence-electron chi connectivity index (χ0n) is 21.0. The third-order valence-electron chi connectivity index (χ3n) is 6.63. The number of aromatic hydroxyl groups is 1. The summed E-state index contributed by atoms with van der Waals surface area (Å²) in [5, 5.41) is 9.56. The summed E-state index contributed by atoms with van der Waals surface area (Å²) in [5.41, 5.74) is 1.73. The van der Waals surface area contributed by atoms with E-state index in [1.807, 2.05) is 12.1 Å². The van der Waals surface area contributed by atoms with Gasteiger partial charge in [-0.05, 0) is 47.8 Å². The molecule has 0 bridgehead atoms. The van der Waals surface area contributed by atoms with E-state index in [0.717, 1.165) is 18.3 Å². The summed E-state index contributed by atoms with van der Waals surface area (Å²) in [7, 11) is 0. The fraction of sp³-hybridized carbons (Fsp3) is 0.793. The molecule has 0 saturated carbocycles. The van der Waals surface area contributed by atoms with E-state index in [0.29, 0.717) is 11.2 Å². The van der Waals surface area contributed by atoms with Crippen LogP contribution in [-0.4, -0.2) is 5.11 Å². The van der Waals surface area contributed by atoms with Crippen LogP contribution >= 0.6 is 0 Å². The third-order valence-corrected chi connectivity index (χ3v) is 6.63. The van der Waals surface area contributed by atoms with Gasteiger partial charge in [0.05, 0.1) is 0 Å². The van der Waals surface area contributed by atoms with E-state index in [2.05, 4.69) is 46.8 Å². The second kappa shape index (κ2) is 15.8. The number of hydrogen-bond acceptors (Lipinski definition) is 1. The lowest BCUT2D eigenvalue weighted by Crippen LogP contribution is -2.21. The first-order valence-electron chi connectivity index (χ1n) is 13.1. The Balaban J connectivity index is 2.21. The average molecular weight is 417 g/mol. The minimum absolute atomic E-state index is 0.367. The third kappa shape index (κ3) is 14.1. The molecule has 2 unspecified atom stereocenters. The van der Waals surface area contributed by atoms with Crippen LogP contribution < -0.4 is 0 Å². The number of phenolic OH excluding ortho intramolecular Hbond substituents is 1. The largest absolute Gasteiger partial charge is 0.508 e. The molecule has 1 N–H and O–H groups in total. The SMILES string of the molecule is CCCCCCCCCCCCCCC(C)C(Cc1ccc(O)cc1)CC(C)(C)C. The maximum absolute atomic E-state index is 9.56. The lowest BCUT2D eigenvalue weighted by Gasteiger charge is -2.31. The first kappa shape index (κ1) is 27.1. The summed E-state index contributed by atoms with van der Waals surface area (Å²) in [6.45, 7) is 11.9. The summed E-state index contributed by atoms with van der Waals surface area (Å²) >= 11 is 0.